The maximum Gasteiger partial charge on any atom is 0.270 e. The molecule has 1 aliphatic carbocycles. The minimum Gasteiger partial charge on any atom is -0.325 e. The van der Waals surface area contributed by atoms with E-state index < -0.39 is 5.56 Å². The second-order valence-corrected chi connectivity index (χ2v) is 6.90. The second kappa shape index (κ2) is 7.20. The average molecular weight is 392 g/mol. The molecule has 0 saturated carbocycles. The summed E-state index contributed by atoms with van der Waals surface area (Å²) in [5.41, 5.74) is 1.30. The second-order valence-electron chi connectivity index (χ2n) is 5.94. The van der Waals surface area contributed by atoms with Crippen molar-refractivity contribution in [3.63, 3.8) is 0 Å². The average Bonchev–Trinajstić information content (AvgIpc) is 2.70. The van der Waals surface area contributed by atoms with Crippen LogP contribution in [0.1, 0.15) is 31.8 Å². The number of hydrogen-bond acceptors (Lipinski definition) is 7. The highest BCUT2D eigenvalue weighted by molar-refractivity contribution is 7.99. The van der Waals surface area contributed by atoms with Gasteiger partial charge in [-0.1, -0.05) is 36.0 Å². The van der Waals surface area contributed by atoms with Crippen molar-refractivity contribution in [2.75, 3.05) is 11.1 Å². The van der Waals surface area contributed by atoms with Gasteiger partial charge in [-0.25, -0.2) is 0 Å². The Morgan fingerprint density at radius 2 is 1.64 bits per heavy atom. The summed E-state index contributed by atoms with van der Waals surface area (Å²) in [5.74, 6) is -0.842. The third kappa shape index (κ3) is 3.35. The molecule has 0 radical (unpaired) electrons. The zero-order chi connectivity index (χ0) is 19.7. The number of ketones is 2. The molecule has 1 aliphatic rings. The Morgan fingerprint density at radius 1 is 0.964 bits per heavy atom. The lowest BCUT2D eigenvalue weighted by atomic mass is 9.84. The number of fused-ring (bicyclic) bond motifs is 2. The monoisotopic (exact) mass is 392 g/mol. The molecule has 9 heteroatoms. The molecular formula is C19H12N4O4S. The Morgan fingerprint density at radius 3 is 2.36 bits per heavy atom. The standard InChI is InChI=1S/C19H12N4O4S/c24-15-8-20-23-19(22-15)28-9-16(25)21-10-5-6-13-14(7-10)18(27)12-4-2-1-3-11(12)17(13)26/h1-8H,9H2,(H,21,25)(H,22,23,24). The minimum atomic E-state index is -0.406. The van der Waals surface area contributed by atoms with Gasteiger partial charge in [0.1, 0.15) is 6.20 Å². The number of nitrogens with one attached hydrogen (secondary N) is 2. The number of nitrogens with zero attached hydrogens (tertiary/aromatic N) is 2. The summed E-state index contributed by atoms with van der Waals surface area (Å²) in [4.78, 5) is 51.1. The smallest absolute Gasteiger partial charge is 0.270 e. The molecule has 2 N–H and O–H groups in total. The van der Waals surface area contributed by atoms with Gasteiger partial charge in [0.25, 0.3) is 5.56 Å². The maximum atomic E-state index is 12.7. The number of anilines is 1. The zero-order valence-corrected chi connectivity index (χ0v) is 15.1. The number of rotatable bonds is 4. The molecule has 0 spiro atoms. The van der Waals surface area contributed by atoms with Crippen molar-refractivity contribution in [2.24, 2.45) is 0 Å². The molecule has 0 unspecified atom stereocenters. The molecule has 1 amide bonds. The van der Waals surface area contributed by atoms with E-state index in [1.165, 1.54) is 12.1 Å². The predicted octanol–water partition coefficient (Wildman–Crippen LogP) is 1.67. The van der Waals surface area contributed by atoms with Crippen LogP contribution in [0.5, 0.6) is 0 Å². The first-order valence-corrected chi connectivity index (χ1v) is 9.18. The lowest BCUT2D eigenvalue weighted by Crippen LogP contribution is -2.21. The zero-order valence-electron chi connectivity index (χ0n) is 14.3. The summed E-state index contributed by atoms with van der Waals surface area (Å²) >= 11 is 1.02. The van der Waals surface area contributed by atoms with Crippen molar-refractivity contribution < 1.29 is 14.4 Å². The molecule has 138 valence electrons. The highest BCUT2D eigenvalue weighted by atomic mass is 32.2. The molecule has 1 aromatic heterocycles. The largest absolute Gasteiger partial charge is 0.325 e. The van der Waals surface area contributed by atoms with E-state index >= 15 is 0 Å². The normalized spacial score (nSPS) is 12.3. The molecule has 2 aromatic carbocycles. The topological polar surface area (TPSA) is 122 Å². The van der Waals surface area contributed by atoms with Gasteiger partial charge in [-0.3, -0.25) is 24.2 Å². The van der Waals surface area contributed by atoms with Crippen molar-refractivity contribution in [1.82, 2.24) is 15.2 Å². The van der Waals surface area contributed by atoms with Crippen LogP contribution >= 0.6 is 11.8 Å². The van der Waals surface area contributed by atoms with Crippen LogP contribution in [-0.2, 0) is 4.79 Å². The van der Waals surface area contributed by atoms with Gasteiger partial charge in [-0.05, 0) is 18.2 Å². The van der Waals surface area contributed by atoms with Gasteiger partial charge in [0.15, 0.2) is 16.7 Å². The highest BCUT2D eigenvalue weighted by Gasteiger charge is 2.29. The Labute approximate surface area is 162 Å². The van der Waals surface area contributed by atoms with Gasteiger partial charge >= 0.3 is 0 Å². The summed E-state index contributed by atoms with van der Waals surface area (Å²) in [7, 11) is 0. The number of carbonyl (C=O) groups is 3. The van der Waals surface area contributed by atoms with Crippen molar-refractivity contribution in [3.05, 3.63) is 81.3 Å². The van der Waals surface area contributed by atoms with E-state index in [0.717, 1.165) is 18.0 Å². The summed E-state index contributed by atoms with van der Waals surface area (Å²) in [5, 5.41) is 10.1. The summed E-state index contributed by atoms with van der Waals surface area (Å²) in [6, 6.07) is 11.3. The van der Waals surface area contributed by atoms with E-state index in [1.807, 2.05) is 0 Å². The number of H-pyrrole nitrogens is 1. The number of thioether (sulfide) groups is 1. The first-order chi connectivity index (χ1) is 13.5. The van der Waals surface area contributed by atoms with Crippen molar-refractivity contribution in [1.29, 1.82) is 0 Å². The maximum absolute atomic E-state index is 12.7. The minimum absolute atomic E-state index is 0.0125. The molecule has 3 aromatic rings. The fraction of sp³-hybridized carbons (Fsp3) is 0.0526. The molecule has 0 fully saturated rings. The summed E-state index contributed by atoms with van der Waals surface area (Å²) < 4.78 is 0. The third-order valence-electron chi connectivity index (χ3n) is 4.10. The summed E-state index contributed by atoms with van der Waals surface area (Å²) in [6.45, 7) is 0. The van der Waals surface area contributed by atoms with Crippen molar-refractivity contribution >= 4 is 34.9 Å². The lowest BCUT2D eigenvalue weighted by molar-refractivity contribution is -0.113. The fourth-order valence-electron chi connectivity index (χ4n) is 2.87. The number of aromatic amines is 1. The SMILES string of the molecule is O=C(CSc1nncc(=O)[nH]1)Nc1ccc2c(c1)C(=O)c1ccccc1C2=O. The highest BCUT2D eigenvalue weighted by Crippen LogP contribution is 2.29. The molecule has 0 bridgehead atoms. The van der Waals surface area contributed by atoms with E-state index in [-0.39, 0.29) is 33.9 Å². The van der Waals surface area contributed by atoms with Gasteiger partial charge in [-0.15, -0.1) is 5.10 Å². The van der Waals surface area contributed by atoms with Gasteiger partial charge in [-0.2, -0.15) is 5.10 Å². The molecule has 28 heavy (non-hydrogen) atoms. The number of aromatic nitrogens is 3. The van der Waals surface area contributed by atoms with Crippen molar-refractivity contribution in [3.8, 4) is 0 Å². The van der Waals surface area contributed by atoms with Gasteiger partial charge in [0, 0.05) is 27.9 Å². The number of hydrogen-bond donors (Lipinski definition) is 2. The number of benzene rings is 2. The Kier molecular flexibility index (Phi) is 4.58. The number of amides is 1. The first-order valence-electron chi connectivity index (χ1n) is 8.20. The van der Waals surface area contributed by atoms with E-state index in [2.05, 4.69) is 20.5 Å². The van der Waals surface area contributed by atoms with Crippen LogP contribution in [0.15, 0.2) is 58.6 Å². The molecule has 4 rings (SSSR count). The lowest BCUT2D eigenvalue weighted by Gasteiger charge is -2.18. The third-order valence-corrected chi connectivity index (χ3v) is 4.97. The predicted molar refractivity (Wildman–Crippen MR) is 102 cm³/mol. The van der Waals surface area contributed by atoms with Crippen LogP contribution in [0.2, 0.25) is 0 Å². The molecule has 0 aliphatic heterocycles. The van der Waals surface area contributed by atoms with Gasteiger partial charge in [0.2, 0.25) is 5.91 Å². The first kappa shape index (κ1) is 17.8. The Hall–Kier alpha value is -3.59. The van der Waals surface area contributed by atoms with Crippen LogP contribution in [0.4, 0.5) is 5.69 Å². The van der Waals surface area contributed by atoms with Crippen LogP contribution in [0, 0.1) is 0 Å². The number of carbonyl (C=O) groups excluding carboxylic acids is 3. The van der Waals surface area contributed by atoms with E-state index in [1.54, 1.807) is 30.3 Å². The van der Waals surface area contributed by atoms with Crippen LogP contribution in [0.25, 0.3) is 0 Å². The van der Waals surface area contributed by atoms with Crippen LogP contribution in [0.3, 0.4) is 0 Å². The fourth-order valence-corrected chi connectivity index (χ4v) is 3.49. The van der Waals surface area contributed by atoms with Gasteiger partial charge < -0.3 is 5.32 Å². The molecule has 0 atom stereocenters. The molecule has 0 saturated heterocycles. The molecule has 1 heterocycles. The molecular weight excluding hydrogens is 380 g/mol. The molecule has 8 nitrogen and oxygen atoms in total. The van der Waals surface area contributed by atoms with Gasteiger partial charge in [0.05, 0.1) is 5.75 Å². The quantitative estimate of drug-likeness (QED) is 0.507. The Balaban J connectivity index is 1.51. The van der Waals surface area contributed by atoms with E-state index in [0.29, 0.717) is 22.4 Å². The van der Waals surface area contributed by atoms with Crippen molar-refractivity contribution in [2.45, 2.75) is 5.16 Å². The van der Waals surface area contributed by atoms with E-state index in [4.69, 9.17) is 0 Å². The Bertz CT molecular complexity index is 1190. The summed E-state index contributed by atoms with van der Waals surface area (Å²) in [6.07, 6.45) is 1.04. The van der Waals surface area contributed by atoms with Crippen LogP contribution < -0.4 is 10.9 Å². The van der Waals surface area contributed by atoms with E-state index in [9.17, 15) is 19.2 Å². The van der Waals surface area contributed by atoms with Crippen LogP contribution in [-0.4, -0.2) is 38.4 Å².